The van der Waals surface area contributed by atoms with E-state index in [1.807, 2.05) is 53.4 Å². The molecule has 6 nitrogen and oxygen atoms in total. The maximum atomic E-state index is 13.3. The first kappa shape index (κ1) is 22.0. The van der Waals surface area contributed by atoms with Crippen LogP contribution in [-0.4, -0.2) is 38.7 Å². The number of hydrogen-bond acceptors (Lipinski definition) is 4. The SMILES string of the molecule is O=C(c1cccc(OCc2cccc(Cl)c2)c1)N1CCCC(c2nnc3n2CCCCC3)C1. The van der Waals surface area contributed by atoms with Crippen molar-refractivity contribution in [3.63, 3.8) is 0 Å². The van der Waals surface area contributed by atoms with Gasteiger partial charge in [-0.25, -0.2) is 0 Å². The monoisotopic (exact) mass is 464 g/mol. The summed E-state index contributed by atoms with van der Waals surface area (Å²) in [5, 5.41) is 9.70. The van der Waals surface area contributed by atoms with Crippen LogP contribution in [0.3, 0.4) is 0 Å². The zero-order chi connectivity index (χ0) is 22.6. The predicted octanol–water partition coefficient (Wildman–Crippen LogP) is 5.26. The fourth-order valence-corrected chi connectivity index (χ4v) is 5.09. The highest BCUT2D eigenvalue weighted by Gasteiger charge is 2.30. The van der Waals surface area contributed by atoms with Gasteiger partial charge in [0.2, 0.25) is 0 Å². The maximum absolute atomic E-state index is 13.3. The largest absolute Gasteiger partial charge is 0.489 e. The molecule has 0 spiro atoms. The van der Waals surface area contributed by atoms with Crippen molar-refractivity contribution >= 4 is 17.5 Å². The van der Waals surface area contributed by atoms with Gasteiger partial charge in [-0.3, -0.25) is 4.79 Å². The number of ether oxygens (including phenoxy) is 1. The van der Waals surface area contributed by atoms with E-state index in [0.29, 0.717) is 29.5 Å². The third kappa shape index (κ3) is 5.06. The molecular formula is C26H29ClN4O2. The van der Waals surface area contributed by atoms with E-state index in [4.69, 9.17) is 16.3 Å². The van der Waals surface area contributed by atoms with E-state index in [1.165, 1.54) is 19.3 Å². The van der Waals surface area contributed by atoms with Gasteiger partial charge in [0.1, 0.15) is 24.0 Å². The molecule has 1 atom stereocenters. The van der Waals surface area contributed by atoms with Crippen molar-refractivity contribution in [2.24, 2.45) is 0 Å². The van der Waals surface area contributed by atoms with Crippen LogP contribution in [0.2, 0.25) is 5.02 Å². The molecule has 3 aromatic rings. The minimum Gasteiger partial charge on any atom is -0.489 e. The molecule has 0 radical (unpaired) electrons. The topological polar surface area (TPSA) is 60.2 Å². The fourth-order valence-electron chi connectivity index (χ4n) is 4.88. The highest BCUT2D eigenvalue weighted by molar-refractivity contribution is 6.30. The summed E-state index contributed by atoms with van der Waals surface area (Å²) in [6, 6.07) is 15.1. The Balaban J connectivity index is 1.26. The first-order chi connectivity index (χ1) is 16.2. The van der Waals surface area contributed by atoms with E-state index in [-0.39, 0.29) is 11.8 Å². The number of aryl methyl sites for hydroxylation is 1. The Bertz CT molecular complexity index is 1130. The van der Waals surface area contributed by atoms with Crippen LogP contribution in [-0.2, 0) is 19.6 Å². The van der Waals surface area contributed by atoms with E-state index in [1.54, 1.807) is 0 Å². The van der Waals surface area contributed by atoms with E-state index < -0.39 is 0 Å². The lowest BCUT2D eigenvalue weighted by Gasteiger charge is -2.32. The fraction of sp³-hybridized carbons (Fsp3) is 0.423. The van der Waals surface area contributed by atoms with Crippen LogP contribution < -0.4 is 4.74 Å². The van der Waals surface area contributed by atoms with Crippen LogP contribution in [0.1, 0.15) is 65.6 Å². The molecule has 5 rings (SSSR count). The molecule has 3 heterocycles. The van der Waals surface area contributed by atoms with Crippen molar-refractivity contribution in [3.8, 4) is 5.75 Å². The van der Waals surface area contributed by atoms with Gasteiger partial charge in [-0.05, 0) is 61.6 Å². The highest BCUT2D eigenvalue weighted by atomic mass is 35.5. The summed E-state index contributed by atoms with van der Waals surface area (Å²) >= 11 is 6.06. The van der Waals surface area contributed by atoms with E-state index in [2.05, 4.69) is 14.8 Å². The Labute approximate surface area is 199 Å². The molecule has 0 N–H and O–H groups in total. The van der Waals surface area contributed by atoms with Gasteiger partial charge in [0.05, 0.1) is 0 Å². The first-order valence-corrected chi connectivity index (χ1v) is 12.2. The van der Waals surface area contributed by atoms with Gasteiger partial charge in [0.25, 0.3) is 5.91 Å². The summed E-state index contributed by atoms with van der Waals surface area (Å²) in [4.78, 5) is 15.3. The average Bonchev–Trinajstić information content (AvgIpc) is 3.11. The number of aromatic nitrogens is 3. The Hall–Kier alpha value is -2.86. The molecule has 7 heteroatoms. The van der Waals surface area contributed by atoms with Crippen molar-refractivity contribution < 1.29 is 9.53 Å². The molecule has 172 valence electrons. The number of benzene rings is 2. The molecule has 0 bridgehead atoms. The van der Waals surface area contributed by atoms with Crippen LogP contribution in [0.25, 0.3) is 0 Å². The predicted molar refractivity (Wildman–Crippen MR) is 128 cm³/mol. The number of likely N-dealkylation sites (tertiary alicyclic amines) is 1. The number of halogens is 1. The lowest BCUT2D eigenvalue weighted by Crippen LogP contribution is -2.39. The number of carbonyl (C=O) groups is 1. The van der Waals surface area contributed by atoms with Gasteiger partial charge >= 0.3 is 0 Å². The van der Waals surface area contributed by atoms with Crippen molar-refractivity contribution in [1.82, 2.24) is 19.7 Å². The minimum atomic E-state index is 0.0449. The van der Waals surface area contributed by atoms with Gasteiger partial charge in [-0.15, -0.1) is 10.2 Å². The molecule has 1 saturated heterocycles. The molecule has 0 saturated carbocycles. The normalized spacial score (nSPS) is 18.5. The molecule has 1 unspecified atom stereocenters. The second kappa shape index (κ2) is 9.96. The first-order valence-electron chi connectivity index (χ1n) is 11.9. The number of carbonyl (C=O) groups excluding carboxylic acids is 1. The number of piperidine rings is 1. The lowest BCUT2D eigenvalue weighted by molar-refractivity contribution is 0.0702. The van der Waals surface area contributed by atoms with Crippen molar-refractivity contribution in [2.45, 2.75) is 57.6 Å². The van der Waals surface area contributed by atoms with Crippen molar-refractivity contribution in [2.75, 3.05) is 13.1 Å². The Morgan fingerprint density at radius 1 is 1.03 bits per heavy atom. The molecule has 2 aliphatic rings. The summed E-state index contributed by atoms with van der Waals surface area (Å²) in [5.74, 6) is 3.13. The van der Waals surface area contributed by atoms with Crippen LogP contribution in [0, 0.1) is 0 Å². The lowest BCUT2D eigenvalue weighted by atomic mass is 9.96. The molecule has 1 fully saturated rings. The van der Waals surface area contributed by atoms with Gasteiger partial charge in [-0.1, -0.05) is 36.2 Å². The molecule has 2 aromatic carbocycles. The summed E-state index contributed by atoms with van der Waals surface area (Å²) < 4.78 is 8.24. The quantitative estimate of drug-likeness (QED) is 0.517. The highest BCUT2D eigenvalue weighted by Crippen LogP contribution is 2.29. The third-order valence-electron chi connectivity index (χ3n) is 6.59. The number of nitrogens with zero attached hydrogens (tertiary/aromatic N) is 4. The second-order valence-electron chi connectivity index (χ2n) is 8.97. The van der Waals surface area contributed by atoms with E-state index in [0.717, 1.165) is 49.6 Å². The van der Waals surface area contributed by atoms with Gasteiger partial charge in [-0.2, -0.15) is 0 Å². The smallest absolute Gasteiger partial charge is 0.254 e. The van der Waals surface area contributed by atoms with E-state index in [9.17, 15) is 4.79 Å². The summed E-state index contributed by atoms with van der Waals surface area (Å²) in [6.07, 6.45) is 6.63. The maximum Gasteiger partial charge on any atom is 0.254 e. The van der Waals surface area contributed by atoms with Gasteiger partial charge in [0, 0.05) is 42.6 Å². The summed E-state index contributed by atoms with van der Waals surface area (Å²) in [6.45, 7) is 2.85. The molecule has 1 aromatic heterocycles. The molecule has 2 aliphatic heterocycles. The average molecular weight is 465 g/mol. The zero-order valence-corrected chi connectivity index (χ0v) is 19.5. The molecular weight excluding hydrogens is 436 g/mol. The third-order valence-corrected chi connectivity index (χ3v) is 6.82. The number of hydrogen-bond donors (Lipinski definition) is 0. The van der Waals surface area contributed by atoms with Crippen LogP contribution >= 0.6 is 11.6 Å². The van der Waals surface area contributed by atoms with Crippen LogP contribution in [0.4, 0.5) is 0 Å². The van der Waals surface area contributed by atoms with Gasteiger partial charge in [0.15, 0.2) is 0 Å². The van der Waals surface area contributed by atoms with Gasteiger partial charge < -0.3 is 14.2 Å². The molecule has 0 aliphatic carbocycles. The van der Waals surface area contributed by atoms with Crippen molar-refractivity contribution in [1.29, 1.82) is 0 Å². The minimum absolute atomic E-state index is 0.0449. The summed E-state index contributed by atoms with van der Waals surface area (Å²) in [7, 11) is 0. The molecule has 33 heavy (non-hydrogen) atoms. The second-order valence-corrected chi connectivity index (χ2v) is 9.41. The Morgan fingerprint density at radius 2 is 1.94 bits per heavy atom. The standard InChI is InChI=1S/C26H29ClN4O2/c27-22-10-4-7-19(15-22)18-33-23-11-5-8-20(16-23)26(32)30-13-6-9-21(17-30)25-29-28-24-12-2-1-3-14-31(24)25/h4-5,7-8,10-11,15-16,21H,1-3,6,9,12-14,17-18H2. The number of amides is 1. The van der Waals surface area contributed by atoms with Crippen molar-refractivity contribution in [3.05, 3.63) is 76.3 Å². The number of rotatable bonds is 5. The van der Waals surface area contributed by atoms with E-state index >= 15 is 0 Å². The summed E-state index contributed by atoms with van der Waals surface area (Å²) in [5.41, 5.74) is 1.64. The molecule has 1 amide bonds. The Morgan fingerprint density at radius 3 is 2.85 bits per heavy atom. The van der Waals surface area contributed by atoms with Crippen LogP contribution in [0.15, 0.2) is 48.5 Å². The zero-order valence-electron chi connectivity index (χ0n) is 18.8. The number of fused-ring (bicyclic) bond motifs is 1. The Kier molecular flexibility index (Phi) is 6.63. The van der Waals surface area contributed by atoms with Crippen LogP contribution in [0.5, 0.6) is 5.75 Å².